The average molecular weight is 309 g/mol. The summed E-state index contributed by atoms with van der Waals surface area (Å²) in [6, 6.07) is 9.97. The molecule has 0 aliphatic carbocycles. The van der Waals surface area contributed by atoms with Crippen LogP contribution in [0.4, 0.5) is 8.78 Å². The number of fused-ring (bicyclic) bond motifs is 1. The summed E-state index contributed by atoms with van der Waals surface area (Å²) in [5, 5.41) is 0. The highest BCUT2D eigenvalue weighted by Crippen LogP contribution is 2.24. The first-order valence-corrected chi connectivity index (χ1v) is 6.04. The van der Waals surface area contributed by atoms with Crippen molar-refractivity contribution in [2.24, 2.45) is 0 Å². The number of halogens is 3. The predicted molar refractivity (Wildman–Crippen MR) is 69.1 cm³/mol. The molecule has 1 aromatic heterocycles. The molecule has 2 nitrogen and oxygen atoms in total. The number of rotatable bonds is 1. The molecular weight excluding hydrogens is 302 g/mol. The number of aromatic nitrogens is 2. The minimum atomic E-state index is -0.924. The number of H-pyrrole nitrogens is 1. The number of hydrogen-bond acceptors (Lipinski definition) is 1. The fourth-order valence-corrected chi connectivity index (χ4v) is 2.03. The molecule has 0 atom stereocenters. The second-order valence-corrected chi connectivity index (χ2v) is 4.77. The maximum Gasteiger partial charge on any atom is 0.186 e. The number of imidazole rings is 1. The molecular formula is C13H7BrF2N2. The lowest BCUT2D eigenvalue weighted by molar-refractivity contribution is 0.515. The Kier molecular flexibility index (Phi) is 2.63. The fraction of sp³-hybridized carbons (Fsp3) is 0. The Morgan fingerprint density at radius 2 is 1.72 bits per heavy atom. The Labute approximate surface area is 110 Å². The van der Waals surface area contributed by atoms with E-state index in [0.717, 1.165) is 16.1 Å². The van der Waals surface area contributed by atoms with Crippen molar-refractivity contribution in [3.8, 4) is 11.4 Å². The molecule has 0 saturated heterocycles. The quantitative estimate of drug-likeness (QED) is 0.714. The van der Waals surface area contributed by atoms with Gasteiger partial charge in [0, 0.05) is 10.0 Å². The van der Waals surface area contributed by atoms with E-state index in [-0.39, 0.29) is 5.52 Å². The Morgan fingerprint density at radius 1 is 1.00 bits per heavy atom. The average Bonchev–Trinajstić information content (AvgIpc) is 2.80. The van der Waals surface area contributed by atoms with Gasteiger partial charge in [0.2, 0.25) is 0 Å². The molecule has 18 heavy (non-hydrogen) atoms. The number of hydrogen-bond donors (Lipinski definition) is 1. The zero-order valence-electron chi connectivity index (χ0n) is 9.05. The van der Waals surface area contributed by atoms with Crippen molar-refractivity contribution in [2.75, 3.05) is 0 Å². The minimum absolute atomic E-state index is 0.0212. The maximum atomic E-state index is 13.5. The molecule has 0 radical (unpaired) electrons. The molecule has 0 aliphatic rings. The van der Waals surface area contributed by atoms with E-state index in [1.165, 1.54) is 6.07 Å². The Morgan fingerprint density at radius 3 is 2.44 bits per heavy atom. The van der Waals surface area contributed by atoms with Gasteiger partial charge >= 0.3 is 0 Å². The van der Waals surface area contributed by atoms with Crippen molar-refractivity contribution >= 4 is 27.0 Å². The van der Waals surface area contributed by atoms with Crippen molar-refractivity contribution in [1.82, 2.24) is 9.97 Å². The van der Waals surface area contributed by atoms with Crippen LogP contribution < -0.4 is 0 Å². The monoisotopic (exact) mass is 308 g/mol. The number of nitrogens with zero attached hydrogens (tertiary/aromatic N) is 1. The summed E-state index contributed by atoms with van der Waals surface area (Å²) >= 11 is 3.33. The first-order valence-electron chi connectivity index (χ1n) is 5.25. The van der Waals surface area contributed by atoms with Gasteiger partial charge in [-0.05, 0) is 24.3 Å². The zero-order valence-corrected chi connectivity index (χ0v) is 10.6. The van der Waals surface area contributed by atoms with E-state index in [2.05, 4.69) is 25.9 Å². The van der Waals surface area contributed by atoms with Crippen LogP contribution in [0.15, 0.2) is 40.9 Å². The summed E-state index contributed by atoms with van der Waals surface area (Å²) in [7, 11) is 0. The highest BCUT2D eigenvalue weighted by molar-refractivity contribution is 9.10. The normalized spacial score (nSPS) is 11.1. The number of nitrogens with one attached hydrogen (secondary N) is 1. The van der Waals surface area contributed by atoms with Gasteiger partial charge in [-0.2, -0.15) is 0 Å². The molecule has 0 saturated carbocycles. The van der Waals surface area contributed by atoms with Crippen LogP contribution in [0.25, 0.3) is 22.4 Å². The van der Waals surface area contributed by atoms with E-state index in [9.17, 15) is 8.78 Å². The lowest BCUT2D eigenvalue weighted by atomic mass is 10.2. The van der Waals surface area contributed by atoms with Crippen LogP contribution in [0.2, 0.25) is 0 Å². The predicted octanol–water partition coefficient (Wildman–Crippen LogP) is 4.27. The number of benzene rings is 2. The van der Waals surface area contributed by atoms with Crippen molar-refractivity contribution in [3.63, 3.8) is 0 Å². The molecule has 1 heterocycles. The second kappa shape index (κ2) is 4.17. The van der Waals surface area contributed by atoms with Crippen LogP contribution in [0.5, 0.6) is 0 Å². The Balaban J connectivity index is 2.19. The van der Waals surface area contributed by atoms with Crippen molar-refractivity contribution in [3.05, 3.63) is 52.5 Å². The molecule has 0 spiro atoms. The summed E-state index contributed by atoms with van der Waals surface area (Å²) in [4.78, 5) is 7.05. The summed E-state index contributed by atoms with van der Waals surface area (Å²) < 4.78 is 27.5. The van der Waals surface area contributed by atoms with Crippen molar-refractivity contribution in [1.29, 1.82) is 0 Å². The highest BCUT2D eigenvalue weighted by atomic mass is 79.9. The molecule has 0 bridgehead atoms. The third kappa shape index (κ3) is 1.80. The SMILES string of the molecule is Fc1ccc2[nH]c(-c3ccc(Br)cc3)nc2c1F. The molecule has 0 aliphatic heterocycles. The van der Waals surface area contributed by atoms with Crippen molar-refractivity contribution < 1.29 is 8.78 Å². The molecule has 3 rings (SSSR count). The van der Waals surface area contributed by atoms with E-state index in [1.807, 2.05) is 24.3 Å². The fourth-order valence-electron chi connectivity index (χ4n) is 1.76. The van der Waals surface area contributed by atoms with Gasteiger partial charge in [-0.25, -0.2) is 13.8 Å². The lowest BCUT2D eigenvalue weighted by Gasteiger charge is -1.95. The molecule has 0 fully saturated rings. The summed E-state index contributed by atoms with van der Waals surface area (Å²) in [6.07, 6.45) is 0. The second-order valence-electron chi connectivity index (χ2n) is 3.85. The molecule has 90 valence electrons. The third-order valence-corrected chi connectivity index (χ3v) is 3.19. The summed E-state index contributed by atoms with van der Waals surface area (Å²) in [5.41, 5.74) is 1.31. The molecule has 1 N–H and O–H groups in total. The van der Waals surface area contributed by atoms with Gasteiger partial charge in [-0.1, -0.05) is 28.1 Å². The smallest absolute Gasteiger partial charge is 0.186 e. The molecule has 0 amide bonds. The van der Waals surface area contributed by atoms with Crippen LogP contribution >= 0.6 is 15.9 Å². The standard InChI is InChI=1S/C13H7BrF2N2/c14-8-3-1-7(2-4-8)13-17-10-6-5-9(15)11(16)12(10)18-13/h1-6H,(H,17,18). The summed E-state index contributed by atoms with van der Waals surface area (Å²) in [6.45, 7) is 0. The van der Waals surface area contributed by atoms with Gasteiger partial charge in [0.1, 0.15) is 11.3 Å². The van der Waals surface area contributed by atoms with Gasteiger partial charge in [0.05, 0.1) is 5.52 Å². The van der Waals surface area contributed by atoms with Crippen LogP contribution in [0, 0.1) is 11.6 Å². The van der Waals surface area contributed by atoms with Crippen molar-refractivity contribution in [2.45, 2.75) is 0 Å². The lowest BCUT2D eigenvalue weighted by Crippen LogP contribution is -1.84. The summed E-state index contributed by atoms with van der Waals surface area (Å²) in [5.74, 6) is -1.30. The molecule has 0 unspecified atom stereocenters. The van der Waals surface area contributed by atoms with Gasteiger partial charge < -0.3 is 4.98 Å². The minimum Gasteiger partial charge on any atom is -0.338 e. The van der Waals surface area contributed by atoms with Gasteiger partial charge in [-0.3, -0.25) is 0 Å². The van der Waals surface area contributed by atoms with E-state index in [0.29, 0.717) is 11.3 Å². The van der Waals surface area contributed by atoms with Gasteiger partial charge in [0.15, 0.2) is 11.6 Å². The van der Waals surface area contributed by atoms with E-state index in [4.69, 9.17) is 0 Å². The topological polar surface area (TPSA) is 28.7 Å². The van der Waals surface area contributed by atoms with E-state index < -0.39 is 11.6 Å². The highest BCUT2D eigenvalue weighted by Gasteiger charge is 2.12. The maximum absolute atomic E-state index is 13.5. The van der Waals surface area contributed by atoms with E-state index >= 15 is 0 Å². The first kappa shape index (κ1) is 11.3. The third-order valence-electron chi connectivity index (χ3n) is 2.66. The molecule has 5 heteroatoms. The Bertz CT molecular complexity index is 720. The van der Waals surface area contributed by atoms with Crippen LogP contribution in [0.1, 0.15) is 0 Å². The van der Waals surface area contributed by atoms with E-state index in [1.54, 1.807) is 0 Å². The number of aromatic amines is 1. The van der Waals surface area contributed by atoms with Crippen LogP contribution in [-0.4, -0.2) is 9.97 Å². The Hall–Kier alpha value is -1.75. The molecule has 2 aromatic carbocycles. The zero-order chi connectivity index (χ0) is 12.7. The first-order chi connectivity index (χ1) is 8.65. The largest absolute Gasteiger partial charge is 0.338 e. The molecule has 3 aromatic rings. The van der Waals surface area contributed by atoms with Gasteiger partial charge in [-0.15, -0.1) is 0 Å². The van der Waals surface area contributed by atoms with Crippen LogP contribution in [0.3, 0.4) is 0 Å². The van der Waals surface area contributed by atoms with Crippen LogP contribution in [-0.2, 0) is 0 Å². The van der Waals surface area contributed by atoms with Gasteiger partial charge in [0.25, 0.3) is 0 Å².